The van der Waals surface area contributed by atoms with Gasteiger partial charge >= 0.3 is 0 Å². The standard InChI is InChI=1S/C34H31N5O4/c40-15-18-43-27-9-4-24(5-10-27)34-35-28-11-1-22(19-30(28)37-34)20-32(41)25-6-12-29-31(21-25)38-33(36-29)23-2-7-26(8-3-23)39-13-16-42-17-14-39/h1-12,19,21,40H,13-18,20H2,(H,35,37)(H,36,38). The predicted molar refractivity (Wildman–Crippen MR) is 167 cm³/mol. The number of aromatic amines is 2. The first kappa shape index (κ1) is 26.9. The summed E-state index contributed by atoms with van der Waals surface area (Å²) < 4.78 is 10.9. The van der Waals surface area contributed by atoms with Crippen LogP contribution < -0.4 is 9.64 Å². The van der Waals surface area contributed by atoms with Crippen LogP contribution in [0.15, 0.2) is 84.9 Å². The Labute approximate surface area is 248 Å². The number of morpholine rings is 1. The second-order valence-electron chi connectivity index (χ2n) is 10.6. The Balaban J connectivity index is 1.05. The Bertz CT molecular complexity index is 1890. The Hall–Kier alpha value is -4.99. The third-order valence-electron chi connectivity index (χ3n) is 7.72. The Morgan fingerprint density at radius 2 is 1.44 bits per heavy atom. The SMILES string of the molecule is O=C(Cc1ccc2nc(-c3ccc(OCCO)cc3)[nH]c2c1)c1ccc2nc(-c3ccc(N4CCOCC4)cc3)[nH]c2c1. The van der Waals surface area contributed by atoms with Crippen molar-refractivity contribution in [1.82, 2.24) is 19.9 Å². The van der Waals surface area contributed by atoms with E-state index in [0.29, 0.717) is 11.3 Å². The number of benzene rings is 4. The number of imidazole rings is 2. The molecule has 3 N–H and O–H groups in total. The quantitative estimate of drug-likeness (QED) is 0.198. The maximum absolute atomic E-state index is 13.3. The van der Waals surface area contributed by atoms with Crippen LogP contribution >= 0.6 is 0 Å². The van der Waals surface area contributed by atoms with Crippen LogP contribution in [-0.2, 0) is 11.2 Å². The first-order chi connectivity index (χ1) is 21.1. The van der Waals surface area contributed by atoms with E-state index >= 15 is 0 Å². The molecule has 1 aliphatic rings. The van der Waals surface area contributed by atoms with Gasteiger partial charge < -0.3 is 29.4 Å². The van der Waals surface area contributed by atoms with Gasteiger partial charge in [-0.25, -0.2) is 9.97 Å². The largest absolute Gasteiger partial charge is 0.491 e. The topological polar surface area (TPSA) is 116 Å². The first-order valence-corrected chi connectivity index (χ1v) is 14.4. The van der Waals surface area contributed by atoms with Gasteiger partial charge in [0.25, 0.3) is 0 Å². The Kier molecular flexibility index (Phi) is 7.32. The molecule has 4 aromatic carbocycles. The predicted octanol–water partition coefficient (Wildman–Crippen LogP) is 5.41. The van der Waals surface area contributed by atoms with Gasteiger partial charge in [-0.1, -0.05) is 6.07 Å². The number of aromatic nitrogens is 4. The summed E-state index contributed by atoms with van der Waals surface area (Å²) in [6.45, 7) is 3.53. The van der Waals surface area contributed by atoms with Crippen LogP contribution in [0.25, 0.3) is 44.8 Å². The third-order valence-corrected chi connectivity index (χ3v) is 7.72. The van der Waals surface area contributed by atoms with Crippen molar-refractivity contribution in [3.63, 3.8) is 0 Å². The zero-order valence-electron chi connectivity index (χ0n) is 23.5. The highest BCUT2D eigenvalue weighted by atomic mass is 16.5. The molecule has 1 saturated heterocycles. The van der Waals surface area contributed by atoms with Crippen molar-refractivity contribution in [3.05, 3.63) is 96.1 Å². The molecular weight excluding hydrogens is 542 g/mol. The van der Waals surface area contributed by atoms with Gasteiger partial charge in [-0.3, -0.25) is 4.79 Å². The van der Waals surface area contributed by atoms with Gasteiger partial charge in [0.2, 0.25) is 0 Å². The normalized spacial score (nSPS) is 13.6. The minimum atomic E-state index is -0.0277. The molecule has 0 spiro atoms. The van der Waals surface area contributed by atoms with Crippen molar-refractivity contribution in [2.75, 3.05) is 44.4 Å². The summed E-state index contributed by atoms with van der Waals surface area (Å²) in [6.07, 6.45) is 0.274. The lowest BCUT2D eigenvalue weighted by Gasteiger charge is -2.28. The minimum Gasteiger partial charge on any atom is -0.491 e. The monoisotopic (exact) mass is 573 g/mol. The lowest BCUT2D eigenvalue weighted by Crippen LogP contribution is -2.36. The van der Waals surface area contributed by atoms with E-state index in [2.05, 4.69) is 39.1 Å². The molecular formula is C34H31N5O4. The van der Waals surface area contributed by atoms with Crippen LogP contribution in [0.3, 0.4) is 0 Å². The first-order valence-electron chi connectivity index (χ1n) is 14.4. The number of hydrogen-bond acceptors (Lipinski definition) is 7. The van der Waals surface area contributed by atoms with E-state index < -0.39 is 0 Å². The number of carbonyl (C=O) groups excluding carboxylic acids is 1. The summed E-state index contributed by atoms with van der Waals surface area (Å²) in [5.41, 5.74) is 8.00. The molecule has 0 bridgehead atoms. The van der Waals surface area contributed by atoms with Crippen molar-refractivity contribution in [3.8, 4) is 28.5 Å². The molecule has 43 heavy (non-hydrogen) atoms. The van der Waals surface area contributed by atoms with E-state index in [-0.39, 0.29) is 25.4 Å². The molecule has 7 rings (SSSR count). The second-order valence-corrected chi connectivity index (χ2v) is 10.6. The fourth-order valence-electron chi connectivity index (χ4n) is 5.43. The van der Waals surface area contributed by atoms with Crippen molar-refractivity contribution in [1.29, 1.82) is 0 Å². The van der Waals surface area contributed by atoms with E-state index in [4.69, 9.17) is 24.5 Å². The van der Waals surface area contributed by atoms with E-state index in [1.54, 1.807) is 0 Å². The summed E-state index contributed by atoms with van der Waals surface area (Å²) >= 11 is 0. The highest BCUT2D eigenvalue weighted by Gasteiger charge is 2.14. The number of ketones is 1. The lowest BCUT2D eigenvalue weighted by atomic mass is 10.0. The molecule has 0 atom stereocenters. The maximum atomic E-state index is 13.3. The number of Topliss-reactive ketones (excluding diaryl/α,β-unsaturated/α-hetero) is 1. The van der Waals surface area contributed by atoms with Crippen molar-refractivity contribution >= 4 is 33.5 Å². The number of anilines is 1. The molecule has 0 aliphatic carbocycles. The average Bonchev–Trinajstić information content (AvgIpc) is 3.68. The van der Waals surface area contributed by atoms with E-state index in [1.165, 1.54) is 5.69 Å². The summed E-state index contributed by atoms with van der Waals surface area (Å²) in [6, 6.07) is 27.4. The van der Waals surface area contributed by atoms with E-state index in [1.807, 2.05) is 60.7 Å². The van der Waals surface area contributed by atoms with Crippen molar-refractivity contribution in [2.45, 2.75) is 6.42 Å². The highest BCUT2D eigenvalue weighted by Crippen LogP contribution is 2.26. The molecule has 6 aromatic rings. The van der Waals surface area contributed by atoms with Gasteiger partial charge in [0.05, 0.1) is 41.9 Å². The number of nitrogens with zero attached hydrogens (tertiary/aromatic N) is 3. The van der Waals surface area contributed by atoms with Gasteiger partial charge in [0, 0.05) is 41.9 Å². The van der Waals surface area contributed by atoms with Crippen LogP contribution in [0.5, 0.6) is 5.75 Å². The zero-order valence-corrected chi connectivity index (χ0v) is 23.5. The van der Waals surface area contributed by atoms with Crippen LogP contribution in [0, 0.1) is 0 Å². The third kappa shape index (κ3) is 5.73. The number of carbonyl (C=O) groups is 1. The highest BCUT2D eigenvalue weighted by molar-refractivity contribution is 6.00. The van der Waals surface area contributed by atoms with Gasteiger partial charge in [0.15, 0.2) is 5.78 Å². The van der Waals surface area contributed by atoms with Gasteiger partial charge in [-0.05, 0) is 84.4 Å². The van der Waals surface area contributed by atoms with E-state index in [9.17, 15) is 4.79 Å². The molecule has 9 nitrogen and oxygen atoms in total. The molecule has 216 valence electrons. The fraction of sp³-hybridized carbons (Fsp3) is 0.206. The molecule has 3 heterocycles. The molecule has 0 unspecified atom stereocenters. The lowest BCUT2D eigenvalue weighted by molar-refractivity contribution is 0.0993. The number of fused-ring (bicyclic) bond motifs is 2. The molecule has 1 fully saturated rings. The Morgan fingerprint density at radius 1 is 0.814 bits per heavy atom. The average molecular weight is 574 g/mol. The minimum absolute atomic E-state index is 0.0277. The van der Waals surface area contributed by atoms with Crippen LogP contribution in [0.1, 0.15) is 15.9 Å². The molecule has 2 aromatic heterocycles. The number of aliphatic hydroxyl groups excluding tert-OH is 1. The maximum Gasteiger partial charge on any atom is 0.167 e. The Morgan fingerprint density at radius 3 is 2.12 bits per heavy atom. The number of ether oxygens (including phenoxy) is 2. The van der Waals surface area contributed by atoms with E-state index in [0.717, 1.165) is 76.7 Å². The van der Waals surface area contributed by atoms with Crippen LogP contribution in [0.2, 0.25) is 0 Å². The van der Waals surface area contributed by atoms with Crippen molar-refractivity contribution < 1.29 is 19.4 Å². The number of rotatable bonds is 9. The molecule has 0 amide bonds. The zero-order chi connectivity index (χ0) is 29.2. The summed E-state index contributed by atoms with van der Waals surface area (Å²) in [7, 11) is 0. The number of aliphatic hydroxyl groups is 1. The van der Waals surface area contributed by atoms with Gasteiger partial charge in [-0.2, -0.15) is 0 Å². The fourth-order valence-corrected chi connectivity index (χ4v) is 5.43. The summed E-state index contributed by atoms with van der Waals surface area (Å²) in [4.78, 5) is 31.8. The van der Waals surface area contributed by atoms with Gasteiger partial charge in [0.1, 0.15) is 24.0 Å². The smallest absolute Gasteiger partial charge is 0.167 e. The molecule has 1 aliphatic heterocycles. The van der Waals surface area contributed by atoms with Crippen LogP contribution in [0.4, 0.5) is 5.69 Å². The van der Waals surface area contributed by atoms with Gasteiger partial charge in [-0.15, -0.1) is 0 Å². The molecule has 9 heteroatoms. The summed E-state index contributed by atoms with van der Waals surface area (Å²) in [5, 5.41) is 8.94. The van der Waals surface area contributed by atoms with Crippen LogP contribution in [-0.4, -0.2) is 70.3 Å². The summed E-state index contributed by atoms with van der Waals surface area (Å²) in [5.74, 6) is 2.24. The number of hydrogen-bond donors (Lipinski definition) is 3. The number of nitrogens with one attached hydrogen (secondary N) is 2. The number of H-pyrrole nitrogens is 2. The second kappa shape index (κ2) is 11.7. The van der Waals surface area contributed by atoms with Crippen molar-refractivity contribution in [2.24, 2.45) is 0 Å². The molecule has 0 radical (unpaired) electrons. The molecule has 0 saturated carbocycles.